The summed E-state index contributed by atoms with van der Waals surface area (Å²) in [6.45, 7) is 15.8. The van der Waals surface area contributed by atoms with Crippen LogP contribution in [0.1, 0.15) is 52.2 Å². The molecule has 144 valence electrons. The van der Waals surface area contributed by atoms with Crippen molar-refractivity contribution in [2.24, 2.45) is 11.1 Å². The van der Waals surface area contributed by atoms with Gasteiger partial charge in [0.15, 0.2) is 0 Å². The van der Waals surface area contributed by atoms with Crippen molar-refractivity contribution in [3.05, 3.63) is 35.1 Å². The monoisotopic (exact) mass is 377 g/mol. The second-order valence-electron chi connectivity index (χ2n) is 9.36. The molecule has 1 rings (SSSR count). The first kappa shape index (κ1) is 22.4. The van der Waals surface area contributed by atoms with E-state index in [9.17, 15) is 9.18 Å². The van der Waals surface area contributed by atoms with E-state index in [0.29, 0.717) is 17.5 Å². The minimum Gasteiger partial charge on any atom is -0.461 e. The second-order valence-corrected chi connectivity index (χ2v) is 14.1. The molecule has 1 atom stereocenters. The molecule has 1 unspecified atom stereocenters. The predicted octanol–water partition coefficient (Wildman–Crippen LogP) is 4.60. The first-order valence-corrected chi connectivity index (χ1v) is 12.5. The van der Waals surface area contributed by atoms with Crippen molar-refractivity contribution in [3.8, 4) is 11.5 Å². The highest BCUT2D eigenvalue weighted by Gasteiger charge is 2.41. The van der Waals surface area contributed by atoms with Crippen molar-refractivity contribution in [3.63, 3.8) is 0 Å². The molecule has 26 heavy (non-hydrogen) atoms. The van der Waals surface area contributed by atoms with E-state index in [4.69, 9.17) is 10.5 Å². The van der Waals surface area contributed by atoms with Crippen molar-refractivity contribution < 1.29 is 13.9 Å². The molecule has 0 aliphatic heterocycles. The molecule has 0 radical (unpaired) electrons. The zero-order valence-electron chi connectivity index (χ0n) is 17.3. The second kappa shape index (κ2) is 7.94. The number of hydrogen-bond acceptors (Lipinski definition) is 3. The van der Waals surface area contributed by atoms with Crippen LogP contribution in [0.2, 0.25) is 19.6 Å². The van der Waals surface area contributed by atoms with Gasteiger partial charge in [-0.3, -0.25) is 0 Å². The lowest BCUT2D eigenvalue weighted by atomic mass is 9.76. The minimum absolute atomic E-state index is 0.239. The van der Waals surface area contributed by atoms with Crippen LogP contribution < -0.4 is 5.73 Å². The molecule has 0 bridgehead atoms. The molecule has 0 aliphatic carbocycles. The third-order valence-electron chi connectivity index (χ3n) is 3.57. The number of carbonyl (C=O) groups excluding carboxylic acids is 1. The van der Waals surface area contributed by atoms with Crippen LogP contribution in [-0.2, 0) is 15.1 Å². The van der Waals surface area contributed by atoms with Crippen LogP contribution in [0, 0.1) is 22.7 Å². The van der Waals surface area contributed by atoms with E-state index in [1.807, 2.05) is 20.8 Å². The summed E-state index contributed by atoms with van der Waals surface area (Å²) in [5.41, 5.74) is 8.73. The van der Waals surface area contributed by atoms with Gasteiger partial charge in [-0.05, 0) is 43.4 Å². The number of ether oxygens (including phenoxy) is 1. The normalized spacial score (nSPS) is 14.4. The molecule has 0 saturated heterocycles. The molecular formula is C21H32FNO2Si. The van der Waals surface area contributed by atoms with Gasteiger partial charge in [0.25, 0.3) is 0 Å². The van der Waals surface area contributed by atoms with Crippen molar-refractivity contribution >= 4 is 14.0 Å². The van der Waals surface area contributed by atoms with Crippen LogP contribution in [0.15, 0.2) is 18.2 Å². The summed E-state index contributed by atoms with van der Waals surface area (Å²) in [6, 6.07) is 4.61. The highest BCUT2D eigenvalue weighted by atomic mass is 28.3. The number of benzene rings is 1. The minimum atomic E-state index is -1.61. The molecule has 0 amide bonds. The van der Waals surface area contributed by atoms with Crippen LogP contribution in [0.4, 0.5) is 4.39 Å². The van der Waals surface area contributed by atoms with E-state index in [-0.39, 0.29) is 11.5 Å². The fraction of sp³-hybridized carbons (Fsp3) is 0.571. The summed E-state index contributed by atoms with van der Waals surface area (Å²) in [6.07, 6.45) is 0.0439. The predicted molar refractivity (Wildman–Crippen MR) is 108 cm³/mol. The average molecular weight is 378 g/mol. The zero-order valence-corrected chi connectivity index (χ0v) is 18.3. The smallest absolute Gasteiger partial charge is 0.331 e. The SMILES string of the molecule is CC(C)OC(=O)C(N)(CC(C)(C)C)c1ccc(C#C[Si](C)(C)C)c(F)c1. The van der Waals surface area contributed by atoms with Crippen molar-refractivity contribution in [2.75, 3.05) is 0 Å². The molecule has 0 spiro atoms. The third-order valence-corrected chi connectivity index (χ3v) is 4.45. The van der Waals surface area contributed by atoms with E-state index in [1.165, 1.54) is 6.07 Å². The molecule has 0 fully saturated rings. The van der Waals surface area contributed by atoms with Crippen molar-refractivity contribution in [1.82, 2.24) is 0 Å². The van der Waals surface area contributed by atoms with E-state index in [1.54, 1.807) is 26.0 Å². The summed E-state index contributed by atoms with van der Waals surface area (Å²) in [7, 11) is -1.61. The topological polar surface area (TPSA) is 52.3 Å². The first-order chi connectivity index (χ1) is 11.6. The van der Waals surface area contributed by atoms with Gasteiger partial charge in [-0.2, -0.15) is 0 Å². The molecule has 0 heterocycles. The van der Waals surface area contributed by atoms with Crippen molar-refractivity contribution in [2.45, 2.75) is 72.3 Å². The highest BCUT2D eigenvalue weighted by molar-refractivity contribution is 6.83. The Labute approximate surface area is 158 Å². The van der Waals surface area contributed by atoms with Crippen LogP contribution in [0.25, 0.3) is 0 Å². The summed E-state index contributed by atoms with van der Waals surface area (Å²) >= 11 is 0. The summed E-state index contributed by atoms with van der Waals surface area (Å²) in [5, 5.41) is 0. The van der Waals surface area contributed by atoms with Crippen LogP contribution in [0.3, 0.4) is 0 Å². The molecular weight excluding hydrogens is 345 g/mol. The van der Waals surface area contributed by atoms with Gasteiger partial charge in [0.2, 0.25) is 0 Å². The number of halogens is 1. The Morgan fingerprint density at radius 2 is 1.85 bits per heavy atom. The lowest BCUT2D eigenvalue weighted by Crippen LogP contribution is -2.49. The third kappa shape index (κ3) is 6.58. The van der Waals surface area contributed by atoms with Crippen LogP contribution in [0.5, 0.6) is 0 Å². The largest absolute Gasteiger partial charge is 0.461 e. The summed E-state index contributed by atoms with van der Waals surface area (Å²) in [4.78, 5) is 12.7. The molecule has 1 aromatic rings. The maximum absolute atomic E-state index is 14.6. The molecule has 1 aromatic carbocycles. The van der Waals surface area contributed by atoms with Crippen LogP contribution in [-0.4, -0.2) is 20.1 Å². The number of esters is 1. The van der Waals surface area contributed by atoms with Gasteiger partial charge in [-0.25, -0.2) is 9.18 Å². The molecule has 5 heteroatoms. The number of hydrogen-bond donors (Lipinski definition) is 1. The van der Waals surface area contributed by atoms with Crippen LogP contribution >= 0.6 is 0 Å². The molecule has 0 aliphatic rings. The van der Waals surface area contributed by atoms with Gasteiger partial charge in [-0.15, -0.1) is 5.54 Å². The first-order valence-electron chi connectivity index (χ1n) is 8.97. The Balaban J connectivity index is 3.36. The number of rotatable bonds is 4. The maximum atomic E-state index is 14.6. The van der Waals surface area contributed by atoms with Gasteiger partial charge in [-0.1, -0.05) is 52.4 Å². The van der Waals surface area contributed by atoms with Gasteiger partial charge >= 0.3 is 5.97 Å². The van der Waals surface area contributed by atoms with Gasteiger partial charge < -0.3 is 10.5 Å². The zero-order chi connectivity index (χ0) is 20.3. The fourth-order valence-electron chi connectivity index (χ4n) is 2.60. The Morgan fingerprint density at radius 1 is 1.27 bits per heavy atom. The Morgan fingerprint density at radius 3 is 2.27 bits per heavy atom. The molecule has 0 aromatic heterocycles. The average Bonchev–Trinajstić information content (AvgIpc) is 2.42. The molecule has 3 nitrogen and oxygen atoms in total. The Hall–Kier alpha value is -1.64. The standard InChI is InChI=1S/C21H32FNO2Si/c1-15(2)25-19(24)21(23,14-20(3,4)5)17-10-9-16(18(22)13-17)11-12-26(6,7)8/h9-10,13,15H,14,23H2,1-8H3. The summed E-state index contributed by atoms with van der Waals surface area (Å²) < 4.78 is 20.0. The Kier molecular flexibility index (Phi) is 6.84. The lowest BCUT2D eigenvalue weighted by Gasteiger charge is -2.34. The van der Waals surface area contributed by atoms with Crippen molar-refractivity contribution in [1.29, 1.82) is 0 Å². The van der Waals surface area contributed by atoms with E-state index in [2.05, 4.69) is 31.1 Å². The van der Waals surface area contributed by atoms with E-state index >= 15 is 0 Å². The number of carbonyl (C=O) groups is 1. The molecule has 2 N–H and O–H groups in total. The summed E-state index contributed by atoms with van der Waals surface area (Å²) in [5.74, 6) is 1.92. The van der Waals surface area contributed by atoms with E-state index in [0.717, 1.165) is 0 Å². The van der Waals surface area contributed by atoms with Gasteiger partial charge in [0, 0.05) is 0 Å². The van der Waals surface area contributed by atoms with Gasteiger partial charge in [0.1, 0.15) is 19.4 Å². The highest BCUT2D eigenvalue weighted by Crippen LogP contribution is 2.35. The quantitative estimate of drug-likeness (QED) is 0.474. The lowest BCUT2D eigenvalue weighted by molar-refractivity contribution is -0.156. The van der Waals surface area contributed by atoms with Gasteiger partial charge in [0.05, 0.1) is 11.7 Å². The van der Waals surface area contributed by atoms with E-state index < -0.39 is 25.4 Å². The maximum Gasteiger partial charge on any atom is 0.331 e. The number of nitrogens with two attached hydrogens (primary N) is 1. The Bertz CT molecular complexity index is 720. The molecule has 0 saturated carbocycles. The fourth-order valence-corrected chi connectivity index (χ4v) is 3.11.